The van der Waals surface area contributed by atoms with Gasteiger partial charge in [-0.1, -0.05) is 13.3 Å². The maximum Gasteiger partial charge on any atom is 0.206 e. The summed E-state index contributed by atoms with van der Waals surface area (Å²) in [5, 5.41) is 3.27. The molecular formula is C9H18N4. The van der Waals surface area contributed by atoms with Gasteiger partial charge in [0, 0.05) is 6.04 Å². The Morgan fingerprint density at radius 2 is 2.31 bits per heavy atom. The molecule has 74 valence electrons. The molecule has 4 heteroatoms. The van der Waals surface area contributed by atoms with Crippen LogP contribution in [-0.4, -0.2) is 18.0 Å². The van der Waals surface area contributed by atoms with E-state index < -0.39 is 0 Å². The zero-order valence-electron chi connectivity index (χ0n) is 8.09. The molecule has 0 heterocycles. The Bertz CT molecular complexity index is 210. The fraction of sp³-hybridized carbons (Fsp3) is 0.889. The lowest BCUT2D eigenvalue weighted by atomic mass is 10.3. The number of aliphatic imine (C=N–C) groups is 1. The maximum absolute atomic E-state index is 5.37. The van der Waals surface area contributed by atoms with Gasteiger partial charge in [-0.05, 0) is 25.2 Å². The SMILES string of the molecule is CCC1CC1N=C(NN)NC1CC1. The van der Waals surface area contributed by atoms with Crippen molar-refractivity contribution >= 4 is 5.96 Å². The topological polar surface area (TPSA) is 62.4 Å². The van der Waals surface area contributed by atoms with E-state index in [9.17, 15) is 0 Å². The third-order valence-corrected chi connectivity index (χ3v) is 2.76. The molecule has 0 aromatic heterocycles. The van der Waals surface area contributed by atoms with Crippen LogP contribution in [0.2, 0.25) is 0 Å². The zero-order chi connectivity index (χ0) is 9.26. The van der Waals surface area contributed by atoms with Crippen LogP contribution >= 0.6 is 0 Å². The molecular weight excluding hydrogens is 164 g/mol. The first kappa shape index (κ1) is 8.81. The van der Waals surface area contributed by atoms with Crippen molar-refractivity contribution in [2.45, 2.75) is 44.7 Å². The normalized spacial score (nSPS) is 32.9. The van der Waals surface area contributed by atoms with Gasteiger partial charge in [-0.3, -0.25) is 5.43 Å². The Morgan fingerprint density at radius 3 is 2.77 bits per heavy atom. The summed E-state index contributed by atoms with van der Waals surface area (Å²) in [6.07, 6.45) is 4.97. The molecule has 2 aliphatic rings. The average molecular weight is 182 g/mol. The largest absolute Gasteiger partial charge is 0.353 e. The predicted octanol–water partition coefficient (Wildman–Crippen LogP) is 0.356. The second-order valence-electron chi connectivity index (χ2n) is 4.01. The quantitative estimate of drug-likeness (QED) is 0.255. The van der Waals surface area contributed by atoms with Gasteiger partial charge in [-0.25, -0.2) is 10.8 Å². The molecule has 0 aromatic rings. The first-order chi connectivity index (χ1) is 6.33. The van der Waals surface area contributed by atoms with Crippen molar-refractivity contribution in [2.75, 3.05) is 0 Å². The second kappa shape index (κ2) is 3.54. The number of hydrogen-bond acceptors (Lipinski definition) is 2. The van der Waals surface area contributed by atoms with Crippen LogP contribution < -0.4 is 16.6 Å². The van der Waals surface area contributed by atoms with Crippen LogP contribution in [0.25, 0.3) is 0 Å². The minimum atomic E-state index is 0.516. The highest BCUT2D eigenvalue weighted by Crippen LogP contribution is 2.36. The van der Waals surface area contributed by atoms with E-state index in [4.69, 9.17) is 5.84 Å². The first-order valence-corrected chi connectivity index (χ1v) is 5.14. The maximum atomic E-state index is 5.37. The Hall–Kier alpha value is -0.770. The Morgan fingerprint density at radius 1 is 1.54 bits per heavy atom. The summed E-state index contributed by atoms with van der Waals surface area (Å²) in [6, 6.07) is 1.14. The van der Waals surface area contributed by atoms with Gasteiger partial charge >= 0.3 is 0 Å². The van der Waals surface area contributed by atoms with Gasteiger partial charge < -0.3 is 5.32 Å². The van der Waals surface area contributed by atoms with E-state index >= 15 is 0 Å². The van der Waals surface area contributed by atoms with E-state index in [-0.39, 0.29) is 0 Å². The van der Waals surface area contributed by atoms with Crippen LogP contribution in [0.1, 0.15) is 32.6 Å². The third kappa shape index (κ3) is 2.34. The van der Waals surface area contributed by atoms with Crippen molar-refractivity contribution in [3.63, 3.8) is 0 Å². The van der Waals surface area contributed by atoms with Gasteiger partial charge in [-0.15, -0.1) is 0 Å². The van der Waals surface area contributed by atoms with E-state index in [0.29, 0.717) is 12.1 Å². The lowest BCUT2D eigenvalue weighted by molar-refractivity contribution is 0.745. The van der Waals surface area contributed by atoms with Crippen molar-refractivity contribution in [1.29, 1.82) is 0 Å². The summed E-state index contributed by atoms with van der Waals surface area (Å²) in [4.78, 5) is 4.51. The molecule has 2 rings (SSSR count). The number of nitrogens with one attached hydrogen (secondary N) is 2. The van der Waals surface area contributed by atoms with Crippen LogP contribution in [0.4, 0.5) is 0 Å². The third-order valence-electron chi connectivity index (χ3n) is 2.76. The summed E-state index contributed by atoms with van der Waals surface area (Å²) in [5.41, 5.74) is 2.63. The van der Waals surface area contributed by atoms with Crippen LogP contribution in [0.15, 0.2) is 4.99 Å². The molecule has 2 unspecified atom stereocenters. The number of nitrogens with two attached hydrogens (primary N) is 1. The monoisotopic (exact) mass is 182 g/mol. The number of nitrogens with zero attached hydrogens (tertiary/aromatic N) is 1. The molecule has 4 nitrogen and oxygen atoms in total. The molecule has 0 spiro atoms. The van der Waals surface area contributed by atoms with Gasteiger partial charge in [0.05, 0.1) is 6.04 Å². The second-order valence-corrected chi connectivity index (χ2v) is 4.01. The van der Waals surface area contributed by atoms with Gasteiger partial charge in [0.15, 0.2) is 0 Å². The van der Waals surface area contributed by atoms with Crippen molar-refractivity contribution < 1.29 is 0 Å². The number of hydrogen-bond donors (Lipinski definition) is 3. The lowest BCUT2D eigenvalue weighted by Gasteiger charge is -2.06. The molecule has 13 heavy (non-hydrogen) atoms. The molecule has 0 saturated heterocycles. The fourth-order valence-electron chi connectivity index (χ4n) is 1.53. The number of guanidine groups is 1. The van der Waals surface area contributed by atoms with E-state index in [0.717, 1.165) is 11.9 Å². The van der Waals surface area contributed by atoms with E-state index in [1.807, 2.05) is 0 Å². The molecule has 0 aliphatic heterocycles. The smallest absolute Gasteiger partial charge is 0.206 e. The highest BCUT2D eigenvalue weighted by molar-refractivity contribution is 5.80. The van der Waals surface area contributed by atoms with Crippen LogP contribution in [0, 0.1) is 5.92 Å². The van der Waals surface area contributed by atoms with Crippen LogP contribution in [0.3, 0.4) is 0 Å². The highest BCUT2D eigenvalue weighted by Gasteiger charge is 2.35. The summed E-state index contributed by atoms with van der Waals surface area (Å²) < 4.78 is 0. The lowest BCUT2D eigenvalue weighted by Crippen LogP contribution is -2.42. The number of hydrazine groups is 1. The molecule has 2 aliphatic carbocycles. The zero-order valence-corrected chi connectivity index (χ0v) is 8.09. The summed E-state index contributed by atoms with van der Waals surface area (Å²) in [6.45, 7) is 2.21. The van der Waals surface area contributed by atoms with Gasteiger partial charge in [0.2, 0.25) is 5.96 Å². The molecule has 2 fully saturated rings. The molecule has 0 amide bonds. The number of rotatable bonds is 3. The standard InChI is InChI=1S/C9H18N4/c1-2-6-5-8(6)12-9(13-10)11-7-3-4-7/h6-8H,2-5,10H2,1H3,(H2,11,12,13). The highest BCUT2D eigenvalue weighted by atomic mass is 15.3. The van der Waals surface area contributed by atoms with Crippen LogP contribution in [-0.2, 0) is 0 Å². The summed E-state index contributed by atoms with van der Waals surface area (Å²) >= 11 is 0. The minimum absolute atomic E-state index is 0.516. The predicted molar refractivity (Wildman–Crippen MR) is 53.1 cm³/mol. The molecule has 0 bridgehead atoms. The molecule has 0 radical (unpaired) electrons. The van der Waals surface area contributed by atoms with E-state index in [1.54, 1.807) is 0 Å². The molecule has 2 saturated carbocycles. The fourth-order valence-corrected chi connectivity index (χ4v) is 1.53. The molecule has 0 aromatic carbocycles. The van der Waals surface area contributed by atoms with Gasteiger partial charge in [0.1, 0.15) is 0 Å². The van der Waals surface area contributed by atoms with Gasteiger partial charge in [-0.2, -0.15) is 0 Å². The van der Waals surface area contributed by atoms with Gasteiger partial charge in [0.25, 0.3) is 0 Å². The van der Waals surface area contributed by atoms with Crippen LogP contribution in [0.5, 0.6) is 0 Å². The summed E-state index contributed by atoms with van der Waals surface area (Å²) in [7, 11) is 0. The summed E-state index contributed by atoms with van der Waals surface area (Å²) in [5.74, 6) is 6.95. The first-order valence-electron chi connectivity index (χ1n) is 5.14. The van der Waals surface area contributed by atoms with E-state index in [2.05, 4.69) is 22.7 Å². The van der Waals surface area contributed by atoms with Crippen molar-refractivity contribution in [2.24, 2.45) is 16.8 Å². The molecule has 2 atom stereocenters. The van der Waals surface area contributed by atoms with Crippen molar-refractivity contribution in [3.05, 3.63) is 0 Å². The Balaban J connectivity index is 1.80. The average Bonchev–Trinajstić information content (AvgIpc) is 2.98. The Labute approximate surface area is 79.0 Å². The van der Waals surface area contributed by atoms with E-state index in [1.165, 1.54) is 25.7 Å². The minimum Gasteiger partial charge on any atom is -0.353 e. The Kier molecular flexibility index (Phi) is 2.40. The van der Waals surface area contributed by atoms with Crippen molar-refractivity contribution in [1.82, 2.24) is 10.7 Å². The van der Waals surface area contributed by atoms with Crippen molar-refractivity contribution in [3.8, 4) is 0 Å². The molecule has 4 N–H and O–H groups in total.